The van der Waals surface area contributed by atoms with Gasteiger partial charge in [0.1, 0.15) is 0 Å². The van der Waals surface area contributed by atoms with E-state index in [2.05, 4.69) is 274 Å². The third-order valence-electron chi connectivity index (χ3n) is 11.7. The first-order chi connectivity index (χ1) is 30.8. The van der Waals surface area contributed by atoms with Gasteiger partial charge in [-0.25, -0.2) is 0 Å². The Kier molecular flexibility index (Phi) is 9.49. The minimum absolute atomic E-state index is 1.04. The minimum atomic E-state index is 1.04. The maximum Gasteiger partial charge on any atom is 0.0542 e. The molecular formula is C58H42N4. The molecule has 4 nitrogen and oxygen atoms in total. The number of anilines is 9. The molecule has 1 aromatic heterocycles. The van der Waals surface area contributed by atoms with Crippen LogP contribution < -0.4 is 14.7 Å². The molecule has 4 heteroatoms. The van der Waals surface area contributed by atoms with E-state index in [4.69, 9.17) is 0 Å². The average molecular weight is 795 g/mol. The normalized spacial score (nSPS) is 11.2. The quantitative estimate of drug-likeness (QED) is 0.137. The lowest BCUT2D eigenvalue weighted by Crippen LogP contribution is -2.14. The Bertz CT molecular complexity index is 3260. The van der Waals surface area contributed by atoms with Crippen molar-refractivity contribution in [3.05, 3.63) is 255 Å². The summed E-state index contributed by atoms with van der Waals surface area (Å²) < 4.78 is 2.37. The molecule has 0 bridgehead atoms. The fraction of sp³-hybridized carbons (Fsp3) is 0. The van der Waals surface area contributed by atoms with E-state index in [0.717, 1.165) is 62.4 Å². The molecule has 11 aromatic rings. The molecule has 0 N–H and O–H groups in total. The van der Waals surface area contributed by atoms with Gasteiger partial charge >= 0.3 is 0 Å². The zero-order valence-electron chi connectivity index (χ0n) is 34.0. The van der Waals surface area contributed by atoms with Crippen LogP contribution in [-0.4, -0.2) is 4.57 Å². The summed E-state index contributed by atoms with van der Waals surface area (Å²) in [6.45, 7) is 0. The van der Waals surface area contributed by atoms with Crippen LogP contribution in [0, 0.1) is 0 Å². The van der Waals surface area contributed by atoms with Gasteiger partial charge in [0, 0.05) is 67.3 Å². The molecule has 0 saturated heterocycles. The third-order valence-corrected chi connectivity index (χ3v) is 11.7. The van der Waals surface area contributed by atoms with Crippen LogP contribution in [0.25, 0.3) is 38.3 Å². The van der Waals surface area contributed by atoms with E-state index in [1.165, 1.54) is 27.1 Å². The van der Waals surface area contributed by atoms with E-state index in [9.17, 15) is 0 Å². The molecule has 0 unspecified atom stereocenters. The monoisotopic (exact) mass is 794 g/mol. The second kappa shape index (κ2) is 16.0. The second-order valence-electron chi connectivity index (χ2n) is 15.4. The lowest BCUT2D eigenvalue weighted by atomic mass is 10.1. The van der Waals surface area contributed by atoms with Gasteiger partial charge in [0.2, 0.25) is 0 Å². The van der Waals surface area contributed by atoms with E-state index in [1.54, 1.807) is 0 Å². The van der Waals surface area contributed by atoms with E-state index in [1.807, 2.05) is 0 Å². The number of nitrogens with zero attached hydrogens (tertiary/aromatic N) is 4. The van der Waals surface area contributed by atoms with Crippen molar-refractivity contribution >= 4 is 83.8 Å². The van der Waals surface area contributed by atoms with E-state index in [-0.39, 0.29) is 0 Å². The molecule has 0 aliphatic carbocycles. The zero-order valence-corrected chi connectivity index (χ0v) is 34.0. The lowest BCUT2D eigenvalue weighted by Gasteiger charge is -2.31. The molecule has 0 saturated carbocycles. The molecule has 0 radical (unpaired) electrons. The van der Waals surface area contributed by atoms with Crippen LogP contribution in [-0.2, 0) is 0 Å². The summed E-state index contributed by atoms with van der Waals surface area (Å²) in [4.78, 5) is 7.11. The summed E-state index contributed by atoms with van der Waals surface area (Å²) >= 11 is 0. The van der Waals surface area contributed by atoms with Crippen molar-refractivity contribution in [3.63, 3.8) is 0 Å². The topological polar surface area (TPSA) is 14.7 Å². The van der Waals surface area contributed by atoms with Gasteiger partial charge in [0.05, 0.1) is 16.7 Å². The fourth-order valence-electron chi connectivity index (χ4n) is 8.95. The van der Waals surface area contributed by atoms with Crippen LogP contribution in [0.5, 0.6) is 0 Å². The first-order valence-electron chi connectivity index (χ1n) is 21.1. The van der Waals surface area contributed by atoms with Crippen molar-refractivity contribution in [1.29, 1.82) is 0 Å². The van der Waals surface area contributed by atoms with Gasteiger partial charge in [-0.2, -0.15) is 0 Å². The highest BCUT2D eigenvalue weighted by Gasteiger charge is 2.22. The molecule has 0 fully saturated rings. The van der Waals surface area contributed by atoms with Gasteiger partial charge in [0.25, 0.3) is 0 Å². The van der Waals surface area contributed by atoms with Crippen molar-refractivity contribution in [3.8, 4) is 5.69 Å². The predicted molar refractivity (Wildman–Crippen MR) is 262 cm³/mol. The second-order valence-corrected chi connectivity index (χ2v) is 15.4. The van der Waals surface area contributed by atoms with Crippen LogP contribution in [0.2, 0.25) is 0 Å². The van der Waals surface area contributed by atoms with Gasteiger partial charge in [-0.05, 0) is 121 Å². The highest BCUT2D eigenvalue weighted by Crippen LogP contribution is 2.45. The number of rotatable bonds is 10. The average Bonchev–Trinajstić information content (AvgIpc) is 3.67. The van der Waals surface area contributed by atoms with Crippen molar-refractivity contribution in [2.75, 3.05) is 14.7 Å². The molecule has 0 aliphatic rings. The van der Waals surface area contributed by atoms with E-state index >= 15 is 0 Å². The minimum Gasteiger partial charge on any atom is -0.310 e. The number of fused-ring (bicyclic) bond motifs is 4. The summed E-state index contributed by atoms with van der Waals surface area (Å²) in [5.41, 5.74) is 13.1. The Balaban J connectivity index is 1.13. The Morgan fingerprint density at radius 3 is 1.26 bits per heavy atom. The largest absolute Gasteiger partial charge is 0.310 e. The molecule has 62 heavy (non-hydrogen) atoms. The smallest absolute Gasteiger partial charge is 0.0542 e. The van der Waals surface area contributed by atoms with Gasteiger partial charge < -0.3 is 19.3 Å². The first kappa shape index (κ1) is 36.7. The van der Waals surface area contributed by atoms with E-state index < -0.39 is 0 Å². The molecule has 0 atom stereocenters. The number of hydrogen-bond acceptors (Lipinski definition) is 3. The molecule has 0 spiro atoms. The van der Waals surface area contributed by atoms with Crippen LogP contribution in [0.1, 0.15) is 0 Å². The van der Waals surface area contributed by atoms with E-state index in [0.29, 0.717) is 0 Å². The van der Waals surface area contributed by atoms with Crippen molar-refractivity contribution in [1.82, 2.24) is 4.57 Å². The fourth-order valence-corrected chi connectivity index (χ4v) is 8.95. The van der Waals surface area contributed by atoms with Crippen molar-refractivity contribution in [2.24, 2.45) is 0 Å². The third kappa shape index (κ3) is 6.70. The van der Waals surface area contributed by atoms with Gasteiger partial charge in [-0.1, -0.05) is 140 Å². The summed E-state index contributed by atoms with van der Waals surface area (Å²) in [6, 6.07) is 91.3. The Morgan fingerprint density at radius 1 is 0.242 bits per heavy atom. The Hall–Kier alpha value is -8.34. The summed E-state index contributed by atoms with van der Waals surface area (Å²) in [7, 11) is 0. The van der Waals surface area contributed by atoms with Gasteiger partial charge in [0.15, 0.2) is 0 Å². The summed E-state index contributed by atoms with van der Waals surface area (Å²) in [5.74, 6) is 0. The number of para-hydroxylation sites is 5. The standard InChI is InChI=1S/C58H42N4/c1-5-22-44(23-6-1)59(45-24-7-2-8-25-45)48-30-18-31-49(40-48)60(52-38-39-58-55(42-52)54-35-15-16-36-57(54)62(58)47-28-11-4-12-29-47)50-32-19-33-51(41-50)61(46-26-9-3-10-27-46)56-37-17-21-43-20-13-14-34-53(43)56/h1-42H. The molecule has 294 valence electrons. The molecule has 0 amide bonds. The van der Waals surface area contributed by atoms with Crippen LogP contribution >= 0.6 is 0 Å². The lowest BCUT2D eigenvalue weighted by molar-refractivity contribution is 1.18. The number of hydrogen-bond donors (Lipinski definition) is 0. The molecule has 1 heterocycles. The SMILES string of the molecule is c1ccc(N(c2ccccc2)c2cccc(N(c3cccc(N(c4ccccc4)c4cccc5ccccc45)c3)c3ccc4c(c3)c3ccccc3n4-c3ccccc3)c2)cc1. The zero-order chi connectivity index (χ0) is 41.2. The molecule has 11 rings (SSSR count). The van der Waals surface area contributed by atoms with Gasteiger partial charge in [-0.15, -0.1) is 0 Å². The highest BCUT2D eigenvalue weighted by atomic mass is 15.2. The summed E-state index contributed by atoms with van der Waals surface area (Å²) in [6.07, 6.45) is 0. The molecule has 10 aromatic carbocycles. The van der Waals surface area contributed by atoms with Gasteiger partial charge in [-0.3, -0.25) is 0 Å². The molecular weight excluding hydrogens is 753 g/mol. The highest BCUT2D eigenvalue weighted by molar-refractivity contribution is 6.11. The Labute approximate surface area is 362 Å². The predicted octanol–water partition coefficient (Wildman–Crippen LogP) is 16.3. The number of aromatic nitrogens is 1. The number of benzene rings is 10. The Morgan fingerprint density at radius 2 is 0.645 bits per heavy atom. The molecule has 0 aliphatic heterocycles. The van der Waals surface area contributed by atoms with Crippen molar-refractivity contribution < 1.29 is 0 Å². The maximum absolute atomic E-state index is 2.40. The maximum atomic E-state index is 2.40. The first-order valence-corrected chi connectivity index (χ1v) is 21.1. The van der Waals surface area contributed by atoms with Crippen molar-refractivity contribution in [2.45, 2.75) is 0 Å². The van der Waals surface area contributed by atoms with Crippen LogP contribution in [0.15, 0.2) is 255 Å². The van der Waals surface area contributed by atoms with Crippen LogP contribution in [0.3, 0.4) is 0 Å². The van der Waals surface area contributed by atoms with Crippen LogP contribution in [0.4, 0.5) is 51.2 Å². The summed E-state index contributed by atoms with van der Waals surface area (Å²) in [5, 5.41) is 4.79.